The molecule has 1 amide bonds. The first-order valence-electron chi connectivity index (χ1n) is 6.69. The lowest BCUT2D eigenvalue weighted by Crippen LogP contribution is -2.27. The SMILES string of the molecule is CCOc1ccc(CN(C)C(=O)c2ncccc2Br)cc1. The molecule has 0 aliphatic heterocycles. The molecule has 0 N–H and O–H groups in total. The number of benzene rings is 1. The van der Waals surface area contributed by atoms with E-state index in [1.165, 1.54) is 0 Å². The first-order chi connectivity index (χ1) is 10.1. The number of nitrogens with zero attached hydrogens (tertiary/aromatic N) is 2. The highest BCUT2D eigenvalue weighted by Gasteiger charge is 2.16. The molecule has 0 aliphatic rings. The van der Waals surface area contributed by atoms with Crippen LogP contribution in [0.15, 0.2) is 47.1 Å². The number of rotatable bonds is 5. The molecule has 0 saturated carbocycles. The van der Waals surface area contributed by atoms with Crippen LogP contribution in [0, 0.1) is 0 Å². The molecular weight excluding hydrogens is 332 g/mol. The van der Waals surface area contributed by atoms with Crippen molar-refractivity contribution in [3.05, 3.63) is 58.3 Å². The molecule has 0 fully saturated rings. The lowest BCUT2D eigenvalue weighted by molar-refractivity contribution is 0.0778. The van der Waals surface area contributed by atoms with Gasteiger partial charge in [-0.15, -0.1) is 0 Å². The molecule has 0 atom stereocenters. The van der Waals surface area contributed by atoms with E-state index in [1.807, 2.05) is 37.3 Å². The molecular formula is C16H17BrN2O2. The molecule has 2 aromatic rings. The van der Waals surface area contributed by atoms with Crippen molar-refractivity contribution in [2.45, 2.75) is 13.5 Å². The number of carbonyl (C=O) groups is 1. The molecule has 0 bridgehead atoms. The maximum Gasteiger partial charge on any atom is 0.273 e. The zero-order chi connectivity index (χ0) is 15.2. The van der Waals surface area contributed by atoms with Crippen LogP contribution in [0.5, 0.6) is 5.75 Å². The van der Waals surface area contributed by atoms with E-state index >= 15 is 0 Å². The molecule has 0 saturated heterocycles. The van der Waals surface area contributed by atoms with E-state index in [0.717, 1.165) is 11.3 Å². The molecule has 4 nitrogen and oxygen atoms in total. The number of halogens is 1. The summed E-state index contributed by atoms with van der Waals surface area (Å²) < 4.78 is 6.10. The van der Waals surface area contributed by atoms with Gasteiger partial charge in [0.05, 0.1) is 6.61 Å². The fourth-order valence-electron chi connectivity index (χ4n) is 1.93. The summed E-state index contributed by atoms with van der Waals surface area (Å²) in [6, 6.07) is 11.3. The second-order valence-corrected chi connectivity index (χ2v) is 5.43. The second kappa shape index (κ2) is 7.22. The maximum absolute atomic E-state index is 12.3. The lowest BCUT2D eigenvalue weighted by atomic mass is 10.2. The van der Waals surface area contributed by atoms with Crippen molar-refractivity contribution in [2.75, 3.05) is 13.7 Å². The van der Waals surface area contributed by atoms with Gasteiger partial charge in [-0.2, -0.15) is 0 Å². The smallest absolute Gasteiger partial charge is 0.273 e. The van der Waals surface area contributed by atoms with Crippen LogP contribution in [0.1, 0.15) is 23.0 Å². The van der Waals surface area contributed by atoms with Crippen molar-refractivity contribution < 1.29 is 9.53 Å². The first kappa shape index (κ1) is 15.5. The standard InChI is InChI=1S/C16H17BrN2O2/c1-3-21-13-8-6-12(7-9-13)11-19(2)16(20)15-14(17)5-4-10-18-15/h4-10H,3,11H2,1-2H3. The first-order valence-corrected chi connectivity index (χ1v) is 7.49. The van der Waals surface area contributed by atoms with E-state index in [0.29, 0.717) is 23.3 Å². The molecule has 2 rings (SSSR count). The maximum atomic E-state index is 12.3. The van der Waals surface area contributed by atoms with Crippen LogP contribution in [-0.2, 0) is 6.54 Å². The van der Waals surface area contributed by atoms with Gasteiger partial charge in [-0.1, -0.05) is 12.1 Å². The Morgan fingerprint density at radius 3 is 2.62 bits per heavy atom. The van der Waals surface area contributed by atoms with Gasteiger partial charge in [0.2, 0.25) is 0 Å². The summed E-state index contributed by atoms with van der Waals surface area (Å²) in [4.78, 5) is 18.1. The molecule has 1 aromatic heterocycles. The minimum atomic E-state index is -0.114. The van der Waals surface area contributed by atoms with Crippen LogP contribution < -0.4 is 4.74 Å². The summed E-state index contributed by atoms with van der Waals surface area (Å²) in [7, 11) is 1.76. The van der Waals surface area contributed by atoms with Gasteiger partial charge < -0.3 is 9.64 Å². The fraction of sp³-hybridized carbons (Fsp3) is 0.250. The summed E-state index contributed by atoms with van der Waals surface area (Å²) in [5, 5.41) is 0. The highest BCUT2D eigenvalue weighted by Crippen LogP contribution is 2.17. The highest BCUT2D eigenvalue weighted by atomic mass is 79.9. The van der Waals surface area contributed by atoms with E-state index in [4.69, 9.17) is 4.74 Å². The number of hydrogen-bond donors (Lipinski definition) is 0. The van der Waals surface area contributed by atoms with Gasteiger partial charge in [-0.05, 0) is 52.7 Å². The van der Waals surface area contributed by atoms with Gasteiger partial charge in [-0.3, -0.25) is 4.79 Å². The largest absolute Gasteiger partial charge is 0.494 e. The molecule has 1 heterocycles. The summed E-state index contributed by atoms with van der Waals surface area (Å²) in [6.45, 7) is 3.12. The zero-order valence-electron chi connectivity index (χ0n) is 12.0. The molecule has 5 heteroatoms. The normalized spacial score (nSPS) is 10.2. The highest BCUT2D eigenvalue weighted by molar-refractivity contribution is 9.10. The van der Waals surface area contributed by atoms with Crippen LogP contribution in [0.3, 0.4) is 0 Å². The van der Waals surface area contributed by atoms with Crippen molar-refractivity contribution in [2.24, 2.45) is 0 Å². The third kappa shape index (κ3) is 4.04. The van der Waals surface area contributed by atoms with E-state index in [2.05, 4.69) is 20.9 Å². The Kier molecular flexibility index (Phi) is 5.33. The number of carbonyl (C=O) groups excluding carboxylic acids is 1. The Bertz CT molecular complexity index is 614. The van der Waals surface area contributed by atoms with Crippen LogP contribution >= 0.6 is 15.9 Å². The van der Waals surface area contributed by atoms with E-state index in [-0.39, 0.29) is 5.91 Å². The number of amides is 1. The number of pyridine rings is 1. The van der Waals surface area contributed by atoms with Gasteiger partial charge >= 0.3 is 0 Å². The average molecular weight is 349 g/mol. The Balaban J connectivity index is 2.05. The van der Waals surface area contributed by atoms with Crippen molar-refractivity contribution >= 4 is 21.8 Å². The average Bonchev–Trinajstić information content (AvgIpc) is 2.49. The third-order valence-electron chi connectivity index (χ3n) is 2.96. The predicted octanol–water partition coefficient (Wildman–Crippen LogP) is 3.52. The van der Waals surface area contributed by atoms with Crippen LogP contribution in [0.2, 0.25) is 0 Å². The van der Waals surface area contributed by atoms with Gasteiger partial charge in [0.15, 0.2) is 0 Å². The topological polar surface area (TPSA) is 42.4 Å². The Hall–Kier alpha value is -1.88. The van der Waals surface area contributed by atoms with Crippen LogP contribution in [0.4, 0.5) is 0 Å². The van der Waals surface area contributed by atoms with Crippen molar-refractivity contribution in [3.63, 3.8) is 0 Å². The van der Waals surface area contributed by atoms with Gasteiger partial charge in [0, 0.05) is 24.3 Å². The van der Waals surface area contributed by atoms with Gasteiger partial charge in [0.1, 0.15) is 11.4 Å². The monoisotopic (exact) mass is 348 g/mol. The lowest BCUT2D eigenvalue weighted by Gasteiger charge is -2.17. The van der Waals surface area contributed by atoms with E-state index in [1.54, 1.807) is 24.2 Å². The summed E-state index contributed by atoms with van der Waals surface area (Å²) >= 11 is 3.35. The van der Waals surface area contributed by atoms with Gasteiger partial charge in [-0.25, -0.2) is 4.98 Å². The third-order valence-corrected chi connectivity index (χ3v) is 3.60. The quantitative estimate of drug-likeness (QED) is 0.830. The predicted molar refractivity (Wildman–Crippen MR) is 85.3 cm³/mol. The zero-order valence-corrected chi connectivity index (χ0v) is 13.6. The van der Waals surface area contributed by atoms with E-state index < -0.39 is 0 Å². The molecule has 0 spiro atoms. The van der Waals surface area contributed by atoms with Crippen LogP contribution in [-0.4, -0.2) is 29.4 Å². The molecule has 1 aromatic carbocycles. The Morgan fingerprint density at radius 1 is 1.29 bits per heavy atom. The molecule has 0 radical (unpaired) electrons. The van der Waals surface area contributed by atoms with Crippen molar-refractivity contribution in [1.29, 1.82) is 0 Å². The molecule has 0 unspecified atom stereocenters. The summed E-state index contributed by atoms with van der Waals surface area (Å²) in [5.41, 5.74) is 1.47. The molecule has 21 heavy (non-hydrogen) atoms. The Morgan fingerprint density at radius 2 is 2.00 bits per heavy atom. The van der Waals surface area contributed by atoms with Crippen molar-refractivity contribution in [1.82, 2.24) is 9.88 Å². The van der Waals surface area contributed by atoms with Gasteiger partial charge in [0.25, 0.3) is 5.91 Å². The summed E-state index contributed by atoms with van der Waals surface area (Å²) in [5.74, 6) is 0.721. The minimum absolute atomic E-state index is 0.114. The number of hydrogen-bond acceptors (Lipinski definition) is 3. The number of ether oxygens (including phenoxy) is 1. The summed E-state index contributed by atoms with van der Waals surface area (Å²) in [6.07, 6.45) is 1.61. The fourth-order valence-corrected chi connectivity index (χ4v) is 2.35. The Labute approximate surface area is 132 Å². The molecule has 0 aliphatic carbocycles. The van der Waals surface area contributed by atoms with E-state index in [9.17, 15) is 4.79 Å². The second-order valence-electron chi connectivity index (χ2n) is 4.57. The minimum Gasteiger partial charge on any atom is -0.494 e. The van der Waals surface area contributed by atoms with Crippen molar-refractivity contribution in [3.8, 4) is 5.75 Å². The molecule has 110 valence electrons. The number of aromatic nitrogens is 1. The van der Waals surface area contributed by atoms with Crippen LogP contribution in [0.25, 0.3) is 0 Å².